The van der Waals surface area contributed by atoms with Gasteiger partial charge in [-0.05, 0) is 59.9 Å². The lowest BCUT2D eigenvalue weighted by Crippen LogP contribution is -2.32. The smallest absolute Gasteiger partial charge is 0.127 e. The minimum Gasteiger partial charge on any atom is -0.497 e. The van der Waals surface area contributed by atoms with Crippen LogP contribution in [0.4, 0.5) is 4.39 Å². The van der Waals surface area contributed by atoms with Gasteiger partial charge in [0.1, 0.15) is 11.6 Å². The fourth-order valence-electron chi connectivity index (χ4n) is 4.57. The van der Waals surface area contributed by atoms with Crippen molar-refractivity contribution in [3.63, 3.8) is 0 Å². The van der Waals surface area contributed by atoms with Crippen molar-refractivity contribution in [3.8, 4) is 5.75 Å². The summed E-state index contributed by atoms with van der Waals surface area (Å²) in [6.45, 7) is 4.70. The molecule has 2 aliphatic carbocycles. The van der Waals surface area contributed by atoms with Gasteiger partial charge < -0.3 is 9.84 Å². The molecule has 1 unspecified atom stereocenters. The third-order valence-electron chi connectivity index (χ3n) is 6.04. The lowest BCUT2D eigenvalue weighted by Gasteiger charge is -2.43. The molecule has 0 heterocycles. The monoisotopic (exact) mass is 344 g/mol. The molecule has 0 amide bonds. The van der Waals surface area contributed by atoms with Crippen molar-refractivity contribution in [2.75, 3.05) is 13.7 Å². The molecule has 0 spiro atoms. The van der Waals surface area contributed by atoms with Gasteiger partial charge in [-0.1, -0.05) is 44.4 Å². The number of allylic oxidation sites excluding steroid dienone is 2. The number of hydrogen-bond donors (Lipinski definition) is 1. The Bertz CT molecular complexity index is 687. The molecule has 1 saturated carbocycles. The highest BCUT2D eigenvalue weighted by Crippen LogP contribution is 2.50. The third-order valence-corrected chi connectivity index (χ3v) is 6.04. The molecule has 1 aromatic rings. The van der Waals surface area contributed by atoms with E-state index in [0.29, 0.717) is 17.2 Å². The molecule has 0 aromatic heterocycles. The Labute approximate surface area is 150 Å². The zero-order valence-electron chi connectivity index (χ0n) is 15.5. The van der Waals surface area contributed by atoms with Crippen molar-refractivity contribution in [1.29, 1.82) is 0 Å². The minimum atomic E-state index is -0.175. The highest BCUT2D eigenvalue weighted by Gasteiger charge is 2.38. The largest absolute Gasteiger partial charge is 0.497 e. The molecule has 136 valence electrons. The maximum atomic E-state index is 14.6. The van der Waals surface area contributed by atoms with Crippen molar-refractivity contribution in [3.05, 3.63) is 52.9 Å². The van der Waals surface area contributed by atoms with E-state index in [-0.39, 0.29) is 23.8 Å². The summed E-state index contributed by atoms with van der Waals surface area (Å²) in [5, 5.41) is 9.62. The maximum absolute atomic E-state index is 14.6. The van der Waals surface area contributed by atoms with Crippen molar-refractivity contribution in [2.45, 2.75) is 51.9 Å². The van der Waals surface area contributed by atoms with Crippen molar-refractivity contribution in [1.82, 2.24) is 0 Å². The lowest BCUT2D eigenvalue weighted by molar-refractivity contribution is 0.161. The van der Waals surface area contributed by atoms with Gasteiger partial charge in [0.15, 0.2) is 0 Å². The molecule has 3 rings (SSSR count). The predicted octanol–water partition coefficient (Wildman–Crippen LogP) is 5.38. The van der Waals surface area contributed by atoms with E-state index in [1.54, 1.807) is 13.2 Å². The molecular formula is C22H29FO2. The third kappa shape index (κ3) is 3.67. The Kier molecular flexibility index (Phi) is 5.33. The molecule has 2 atom stereocenters. The molecule has 2 aliphatic rings. The van der Waals surface area contributed by atoms with E-state index in [9.17, 15) is 9.50 Å². The van der Waals surface area contributed by atoms with Gasteiger partial charge in [0.25, 0.3) is 0 Å². The fraction of sp³-hybridized carbons (Fsp3) is 0.545. The Morgan fingerprint density at radius 2 is 2.08 bits per heavy atom. The molecule has 0 bridgehead atoms. The summed E-state index contributed by atoms with van der Waals surface area (Å²) in [7, 11) is 1.61. The average molecular weight is 344 g/mol. The topological polar surface area (TPSA) is 29.5 Å². The van der Waals surface area contributed by atoms with Crippen LogP contribution in [0.5, 0.6) is 5.75 Å². The van der Waals surface area contributed by atoms with E-state index in [0.717, 1.165) is 18.4 Å². The Morgan fingerprint density at radius 1 is 1.28 bits per heavy atom. The van der Waals surface area contributed by atoms with E-state index in [1.807, 2.05) is 12.1 Å². The van der Waals surface area contributed by atoms with Gasteiger partial charge in [-0.2, -0.15) is 0 Å². The second-order valence-electron chi connectivity index (χ2n) is 8.04. The highest BCUT2D eigenvalue weighted by molar-refractivity contribution is 5.43. The van der Waals surface area contributed by atoms with Crippen LogP contribution >= 0.6 is 0 Å². The first-order chi connectivity index (χ1) is 12.0. The van der Waals surface area contributed by atoms with Crippen LogP contribution in [-0.2, 0) is 0 Å². The molecule has 0 radical (unpaired) electrons. The summed E-state index contributed by atoms with van der Waals surface area (Å²) >= 11 is 0. The number of benzene rings is 1. The number of ether oxygens (including phenoxy) is 1. The first kappa shape index (κ1) is 18.2. The lowest BCUT2D eigenvalue weighted by atomic mass is 9.61. The molecule has 0 aliphatic heterocycles. The highest BCUT2D eigenvalue weighted by atomic mass is 19.1. The second kappa shape index (κ2) is 7.33. The first-order valence-electron chi connectivity index (χ1n) is 9.31. The van der Waals surface area contributed by atoms with Crippen LogP contribution in [0.1, 0.15) is 57.4 Å². The fourth-order valence-corrected chi connectivity index (χ4v) is 4.57. The number of methoxy groups -OCH3 is 1. The molecule has 1 fully saturated rings. The van der Waals surface area contributed by atoms with Gasteiger partial charge in [0.05, 0.1) is 13.7 Å². The van der Waals surface area contributed by atoms with E-state index in [4.69, 9.17) is 4.74 Å². The summed E-state index contributed by atoms with van der Waals surface area (Å²) in [5.41, 5.74) is 3.15. The molecule has 1 aromatic carbocycles. The van der Waals surface area contributed by atoms with Crippen LogP contribution < -0.4 is 4.74 Å². The summed E-state index contributed by atoms with van der Waals surface area (Å²) in [4.78, 5) is 0. The van der Waals surface area contributed by atoms with E-state index in [2.05, 4.69) is 19.9 Å². The zero-order chi connectivity index (χ0) is 18.0. The number of rotatable bonds is 4. The summed E-state index contributed by atoms with van der Waals surface area (Å²) in [5.74, 6) is 0.960. The van der Waals surface area contributed by atoms with Crippen molar-refractivity contribution >= 4 is 0 Å². The zero-order valence-corrected chi connectivity index (χ0v) is 15.5. The first-order valence-corrected chi connectivity index (χ1v) is 9.31. The molecule has 1 N–H and O–H groups in total. The van der Waals surface area contributed by atoms with E-state index < -0.39 is 0 Å². The molecule has 25 heavy (non-hydrogen) atoms. The maximum Gasteiger partial charge on any atom is 0.127 e. The second-order valence-corrected chi connectivity index (χ2v) is 8.04. The predicted molar refractivity (Wildman–Crippen MR) is 99.3 cm³/mol. The Balaban J connectivity index is 2.04. The Morgan fingerprint density at radius 3 is 2.76 bits per heavy atom. The van der Waals surface area contributed by atoms with E-state index >= 15 is 0 Å². The number of aliphatic hydroxyl groups is 1. The standard InChI is InChI=1S/C22H29FO2/c1-22(2)11-5-4-6-20(22)18-12-15(14-24)7-9-17(18)19-13-16(25-3)8-10-21(19)23/h7-8,10,12-13,17,20,24H,4-6,9,11,14H2,1-3H3/t17?,20-/m0/s1. The van der Waals surface area contributed by atoms with Gasteiger partial charge in [0.2, 0.25) is 0 Å². The van der Waals surface area contributed by atoms with Crippen LogP contribution in [0.15, 0.2) is 41.5 Å². The number of hydrogen-bond acceptors (Lipinski definition) is 2. The van der Waals surface area contributed by atoms with Crippen LogP contribution in [0, 0.1) is 17.2 Å². The van der Waals surface area contributed by atoms with E-state index in [1.165, 1.54) is 30.9 Å². The number of aliphatic hydroxyl groups excluding tert-OH is 1. The molecule has 3 heteroatoms. The van der Waals surface area contributed by atoms with Gasteiger partial charge >= 0.3 is 0 Å². The molecular weight excluding hydrogens is 315 g/mol. The van der Waals surface area contributed by atoms with Crippen LogP contribution in [-0.4, -0.2) is 18.8 Å². The summed E-state index contributed by atoms with van der Waals surface area (Å²) in [6.07, 6.45) is 9.72. The number of halogens is 1. The summed E-state index contributed by atoms with van der Waals surface area (Å²) < 4.78 is 20.0. The van der Waals surface area contributed by atoms with Crippen LogP contribution in [0.25, 0.3) is 0 Å². The summed E-state index contributed by atoms with van der Waals surface area (Å²) in [6, 6.07) is 5.01. The van der Waals surface area contributed by atoms with Crippen molar-refractivity contribution < 1.29 is 14.2 Å². The van der Waals surface area contributed by atoms with Crippen LogP contribution in [0.3, 0.4) is 0 Å². The van der Waals surface area contributed by atoms with Gasteiger partial charge in [-0.15, -0.1) is 0 Å². The normalized spacial score (nSPS) is 26.0. The van der Waals surface area contributed by atoms with Gasteiger partial charge in [0, 0.05) is 5.92 Å². The Hall–Kier alpha value is -1.61. The van der Waals surface area contributed by atoms with Crippen molar-refractivity contribution in [2.24, 2.45) is 11.3 Å². The average Bonchev–Trinajstić information content (AvgIpc) is 2.61. The molecule has 2 nitrogen and oxygen atoms in total. The molecule has 0 saturated heterocycles. The van der Waals surface area contributed by atoms with Gasteiger partial charge in [-0.3, -0.25) is 0 Å². The SMILES string of the molecule is COc1ccc(F)c(C2CC=C(CO)C=C2[C@@H]2CCCCC2(C)C)c1. The quantitative estimate of drug-likeness (QED) is 0.794. The van der Waals surface area contributed by atoms with Crippen LogP contribution in [0.2, 0.25) is 0 Å². The van der Waals surface area contributed by atoms with Gasteiger partial charge in [-0.25, -0.2) is 4.39 Å². The minimum absolute atomic E-state index is 0.0211.